The van der Waals surface area contributed by atoms with Crippen LogP contribution in [0.15, 0.2) is 42.6 Å². The number of rotatable bonds is 7. The van der Waals surface area contributed by atoms with Gasteiger partial charge in [0.2, 0.25) is 5.91 Å². The standard InChI is InChI=1S/C23H25N3O4/c1-15-4-6-21-19(10-15)23-17(14-30-21)12-25-26(23)13-22(27)24-9-8-16-11-18(28-2)5-7-20(16)29-3/h4-7,10-12H,8-9,13-14H2,1-3H3,(H,24,27). The summed E-state index contributed by atoms with van der Waals surface area (Å²) in [6.45, 7) is 3.14. The number of carbonyl (C=O) groups excluding carboxylic acids is 1. The number of benzene rings is 2. The molecule has 7 heteroatoms. The quantitative estimate of drug-likeness (QED) is 0.651. The first kappa shape index (κ1) is 19.8. The van der Waals surface area contributed by atoms with E-state index in [-0.39, 0.29) is 12.5 Å². The molecule has 0 radical (unpaired) electrons. The summed E-state index contributed by atoms with van der Waals surface area (Å²) in [5, 5.41) is 7.39. The third kappa shape index (κ3) is 3.96. The first-order valence-corrected chi connectivity index (χ1v) is 9.85. The van der Waals surface area contributed by atoms with E-state index >= 15 is 0 Å². The first-order valence-electron chi connectivity index (χ1n) is 9.85. The molecule has 0 saturated carbocycles. The van der Waals surface area contributed by atoms with Crippen molar-refractivity contribution >= 4 is 5.91 Å². The minimum atomic E-state index is -0.0940. The molecule has 0 aliphatic carbocycles. The molecule has 1 N–H and O–H groups in total. The van der Waals surface area contributed by atoms with Gasteiger partial charge in [-0.1, -0.05) is 11.6 Å². The molecular formula is C23H25N3O4. The maximum absolute atomic E-state index is 12.6. The Bertz CT molecular complexity index is 1070. The van der Waals surface area contributed by atoms with Crippen molar-refractivity contribution in [3.05, 3.63) is 59.3 Å². The molecule has 1 aliphatic heterocycles. The minimum absolute atomic E-state index is 0.0940. The average molecular weight is 407 g/mol. The van der Waals surface area contributed by atoms with Crippen LogP contribution in [0.25, 0.3) is 11.3 Å². The molecule has 0 bridgehead atoms. The smallest absolute Gasteiger partial charge is 0.241 e. The molecule has 2 heterocycles. The molecule has 0 saturated heterocycles. The molecule has 1 amide bonds. The third-order valence-electron chi connectivity index (χ3n) is 5.19. The van der Waals surface area contributed by atoms with Crippen molar-refractivity contribution in [1.82, 2.24) is 15.1 Å². The monoisotopic (exact) mass is 407 g/mol. The molecule has 0 spiro atoms. The molecular weight excluding hydrogens is 382 g/mol. The van der Waals surface area contributed by atoms with Crippen molar-refractivity contribution in [3.8, 4) is 28.5 Å². The van der Waals surface area contributed by atoms with Crippen molar-refractivity contribution in [2.24, 2.45) is 0 Å². The largest absolute Gasteiger partial charge is 0.497 e. The van der Waals surface area contributed by atoms with E-state index in [1.54, 1.807) is 25.1 Å². The zero-order valence-electron chi connectivity index (χ0n) is 17.4. The molecule has 4 rings (SSSR count). The van der Waals surface area contributed by atoms with Gasteiger partial charge in [0.05, 0.1) is 26.1 Å². The number of hydrogen-bond donors (Lipinski definition) is 1. The number of aryl methyl sites for hydroxylation is 1. The maximum atomic E-state index is 12.6. The predicted octanol–water partition coefficient (Wildman–Crippen LogP) is 3.13. The molecule has 1 aliphatic rings. The summed E-state index contributed by atoms with van der Waals surface area (Å²) in [6.07, 6.45) is 2.41. The SMILES string of the molecule is COc1ccc(OC)c(CCNC(=O)Cn2ncc3c2-c2cc(C)ccc2OC3)c1. The normalized spacial score (nSPS) is 11.8. The fourth-order valence-corrected chi connectivity index (χ4v) is 3.68. The van der Waals surface area contributed by atoms with Crippen molar-refractivity contribution in [1.29, 1.82) is 0 Å². The van der Waals surface area contributed by atoms with Crippen LogP contribution in [0.3, 0.4) is 0 Å². The van der Waals surface area contributed by atoms with Gasteiger partial charge in [0.25, 0.3) is 0 Å². The van der Waals surface area contributed by atoms with Crippen LogP contribution in [0.2, 0.25) is 0 Å². The second-order valence-electron chi connectivity index (χ2n) is 7.24. The number of methoxy groups -OCH3 is 2. The van der Waals surface area contributed by atoms with E-state index in [9.17, 15) is 4.79 Å². The highest BCUT2D eigenvalue weighted by Crippen LogP contribution is 2.37. The lowest BCUT2D eigenvalue weighted by molar-refractivity contribution is -0.121. The number of hydrogen-bond acceptors (Lipinski definition) is 5. The summed E-state index contributed by atoms with van der Waals surface area (Å²) in [7, 11) is 3.26. The van der Waals surface area contributed by atoms with E-state index in [4.69, 9.17) is 14.2 Å². The van der Waals surface area contributed by atoms with E-state index in [0.29, 0.717) is 19.6 Å². The summed E-state index contributed by atoms with van der Waals surface area (Å²) in [5.41, 5.74) is 5.03. The van der Waals surface area contributed by atoms with Gasteiger partial charge in [-0.15, -0.1) is 0 Å². The number of amides is 1. The molecule has 156 valence electrons. The van der Waals surface area contributed by atoms with Crippen molar-refractivity contribution < 1.29 is 19.0 Å². The Balaban J connectivity index is 1.43. The number of nitrogens with one attached hydrogen (secondary N) is 1. The van der Waals surface area contributed by atoms with Gasteiger partial charge in [-0.25, -0.2) is 0 Å². The topological polar surface area (TPSA) is 74.6 Å². The van der Waals surface area contributed by atoms with E-state index in [1.165, 1.54) is 0 Å². The summed E-state index contributed by atoms with van der Waals surface area (Å²) >= 11 is 0. The van der Waals surface area contributed by atoms with Crippen LogP contribution in [-0.4, -0.2) is 36.5 Å². The summed E-state index contributed by atoms with van der Waals surface area (Å²) in [6, 6.07) is 11.7. The Morgan fingerprint density at radius 2 is 2.07 bits per heavy atom. The van der Waals surface area contributed by atoms with Crippen LogP contribution < -0.4 is 19.5 Å². The Kier molecular flexibility index (Phi) is 5.61. The predicted molar refractivity (Wildman–Crippen MR) is 113 cm³/mol. The lowest BCUT2D eigenvalue weighted by Crippen LogP contribution is -2.30. The van der Waals surface area contributed by atoms with Gasteiger partial charge < -0.3 is 19.5 Å². The Morgan fingerprint density at radius 1 is 1.20 bits per heavy atom. The van der Waals surface area contributed by atoms with Gasteiger partial charge in [-0.3, -0.25) is 9.48 Å². The number of fused-ring (bicyclic) bond motifs is 3. The van der Waals surface area contributed by atoms with E-state index in [0.717, 1.165) is 45.2 Å². The Labute approximate surface area is 175 Å². The Hall–Kier alpha value is -3.48. The van der Waals surface area contributed by atoms with Crippen molar-refractivity contribution in [3.63, 3.8) is 0 Å². The van der Waals surface area contributed by atoms with Gasteiger partial charge in [0.15, 0.2) is 0 Å². The zero-order valence-corrected chi connectivity index (χ0v) is 17.4. The second-order valence-corrected chi connectivity index (χ2v) is 7.24. The van der Waals surface area contributed by atoms with Gasteiger partial charge in [0.1, 0.15) is 30.4 Å². The van der Waals surface area contributed by atoms with Crippen LogP contribution in [-0.2, 0) is 24.4 Å². The van der Waals surface area contributed by atoms with E-state index in [1.807, 2.05) is 37.3 Å². The summed E-state index contributed by atoms with van der Waals surface area (Å²) in [4.78, 5) is 12.6. The zero-order chi connectivity index (χ0) is 21.1. The van der Waals surface area contributed by atoms with E-state index in [2.05, 4.69) is 16.5 Å². The minimum Gasteiger partial charge on any atom is -0.497 e. The van der Waals surface area contributed by atoms with Crippen LogP contribution in [0.5, 0.6) is 17.2 Å². The summed E-state index contributed by atoms with van der Waals surface area (Å²) < 4.78 is 18.2. The van der Waals surface area contributed by atoms with Crippen LogP contribution in [0, 0.1) is 6.92 Å². The Morgan fingerprint density at radius 3 is 2.87 bits per heavy atom. The molecule has 0 fully saturated rings. The molecule has 2 aromatic carbocycles. The van der Waals surface area contributed by atoms with Gasteiger partial charge in [0, 0.05) is 17.7 Å². The van der Waals surface area contributed by atoms with Gasteiger partial charge in [-0.2, -0.15) is 5.10 Å². The molecule has 30 heavy (non-hydrogen) atoms. The highest BCUT2D eigenvalue weighted by Gasteiger charge is 2.23. The van der Waals surface area contributed by atoms with E-state index < -0.39 is 0 Å². The number of ether oxygens (including phenoxy) is 3. The molecule has 3 aromatic rings. The van der Waals surface area contributed by atoms with Crippen LogP contribution in [0.4, 0.5) is 0 Å². The van der Waals surface area contributed by atoms with Crippen LogP contribution in [0.1, 0.15) is 16.7 Å². The fourth-order valence-electron chi connectivity index (χ4n) is 3.68. The van der Waals surface area contributed by atoms with Crippen molar-refractivity contribution in [2.75, 3.05) is 20.8 Å². The van der Waals surface area contributed by atoms with Crippen LogP contribution >= 0.6 is 0 Å². The lowest BCUT2D eigenvalue weighted by Gasteiger charge is -2.19. The van der Waals surface area contributed by atoms with Gasteiger partial charge >= 0.3 is 0 Å². The van der Waals surface area contributed by atoms with Gasteiger partial charge in [-0.05, 0) is 49.2 Å². The molecule has 0 unspecified atom stereocenters. The average Bonchev–Trinajstić information content (AvgIpc) is 3.16. The number of carbonyl (C=O) groups is 1. The number of aromatic nitrogens is 2. The summed E-state index contributed by atoms with van der Waals surface area (Å²) in [5.74, 6) is 2.26. The highest BCUT2D eigenvalue weighted by molar-refractivity contribution is 5.78. The fraction of sp³-hybridized carbons (Fsp3) is 0.304. The highest BCUT2D eigenvalue weighted by atomic mass is 16.5. The lowest BCUT2D eigenvalue weighted by atomic mass is 10.0. The molecule has 0 atom stereocenters. The van der Waals surface area contributed by atoms with Crippen molar-refractivity contribution in [2.45, 2.75) is 26.5 Å². The second kappa shape index (κ2) is 8.49. The molecule has 7 nitrogen and oxygen atoms in total. The maximum Gasteiger partial charge on any atom is 0.241 e. The first-order chi connectivity index (χ1) is 14.6. The molecule has 1 aromatic heterocycles. The number of nitrogens with zero attached hydrogens (tertiary/aromatic N) is 2. The third-order valence-corrected chi connectivity index (χ3v) is 5.19.